The average Bonchev–Trinajstić information content (AvgIpc) is 2.26. The summed E-state index contributed by atoms with van der Waals surface area (Å²) in [5.41, 5.74) is 1.58. The molecule has 0 aliphatic rings. The molecule has 0 spiro atoms. The van der Waals surface area contributed by atoms with Crippen LogP contribution in [0.15, 0.2) is 18.2 Å². The van der Waals surface area contributed by atoms with E-state index >= 15 is 0 Å². The second-order valence-corrected chi connectivity index (χ2v) is 4.85. The highest BCUT2D eigenvalue weighted by molar-refractivity contribution is 9.09. The Balaban J connectivity index is 2.91. The molecule has 90 valence electrons. The summed E-state index contributed by atoms with van der Waals surface area (Å²) in [5.74, 6) is -0.0279. The van der Waals surface area contributed by atoms with Gasteiger partial charge >= 0.3 is 0 Å². The van der Waals surface area contributed by atoms with Gasteiger partial charge in [0.25, 0.3) is 0 Å². The highest BCUT2D eigenvalue weighted by Gasteiger charge is 2.21. The van der Waals surface area contributed by atoms with E-state index in [1.807, 2.05) is 6.07 Å². The van der Waals surface area contributed by atoms with Gasteiger partial charge in [0, 0.05) is 12.0 Å². The number of hydrogen-bond donors (Lipinski definition) is 1. The van der Waals surface area contributed by atoms with E-state index in [0.717, 1.165) is 17.6 Å². The van der Waals surface area contributed by atoms with E-state index in [1.54, 1.807) is 6.07 Å². The van der Waals surface area contributed by atoms with Gasteiger partial charge in [0.2, 0.25) is 0 Å². The molecule has 4 heteroatoms. The van der Waals surface area contributed by atoms with Crippen LogP contribution in [0.4, 0.5) is 4.39 Å². The maximum Gasteiger partial charge on any atom is 0.165 e. The summed E-state index contributed by atoms with van der Waals surface area (Å²) < 4.78 is 18.4. The van der Waals surface area contributed by atoms with Crippen LogP contribution in [-0.4, -0.2) is 19.1 Å². The van der Waals surface area contributed by atoms with Gasteiger partial charge in [-0.3, -0.25) is 0 Å². The monoisotopic (exact) mass is 289 g/mol. The Hall–Kier alpha value is -0.610. The Kier molecular flexibility index (Phi) is 4.74. The van der Waals surface area contributed by atoms with Crippen molar-refractivity contribution in [1.82, 2.24) is 5.32 Å². The number of rotatable bonds is 5. The summed E-state index contributed by atoms with van der Waals surface area (Å²) in [6.07, 6.45) is 0. The number of alkyl halides is 1. The Morgan fingerprint density at radius 3 is 2.62 bits per heavy atom. The number of benzene rings is 1. The van der Waals surface area contributed by atoms with Crippen molar-refractivity contribution >= 4 is 15.9 Å². The summed E-state index contributed by atoms with van der Waals surface area (Å²) in [5, 5.41) is 3.20. The predicted octanol–water partition coefficient (Wildman–Crippen LogP) is 3.05. The molecule has 0 aliphatic carbocycles. The fraction of sp³-hybridized carbons (Fsp3) is 0.500. The molecule has 0 aromatic heterocycles. The first kappa shape index (κ1) is 13.5. The van der Waals surface area contributed by atoms with Crippen molar-refractivity contribution in [2.45, 2.75) is 19.3 Å². The van der Waals surface area contributed by atoms with Crippen molar-refractivity contribution in [3.8, 4) is 5.75 Å². The first-order valence-corrected chi connectivity index (χ1v) is 6.24. The van der Waals surface area contributed by atoms with Crippen LogP contribution in [0.25, 0.3) is 0 Å². The Bertz CT molecular complexity index is 355. The van der Waals surface area contributed by atoms with E-state index in [2.05, 4.69) is 35.1 Å². The quantitative estimate of drug-likeness (QED) is 0.665. The molecule has 1 aromatic carbocycles. The molecular formula is C12H17BrFNO. The molecule has 0 atom stereocenters. The molecule has 0 amide bonds. The Morgan fingerprint density at radius 2 is 2.12 bits per heavy atom. The van der Waals surface area contributed by atoms with Crippen LogP contribution in [0.1, 0.15) is 19.4 Å². The van der Waals surface area contributed by atoms with Gasteiger partial charge in [0.1, 0.15) is 0 Å². The second-order valence-electron chi connectivity index (χ2n) is 4.29. The van der Waals surface area contributed by atoms with Crippen LogP contribution in [0.3, 0.4) is 0 Å². The molecule has 0 heterocycles. The second kappa shape index (κ2) is 5.64. The van der Waals surface area contributed by atoms with Crippen molar-refractivity contribution < 1.29 is 9.13 Å². The van der Waals surface area contributed by atoms with Gasteiger partial charge in [-0.25, -0.2) is 4.39 Å². The zero-order valence-electron chi connectivity index (χ0n) is 9.81. The zero-order valence-corrected chi connectivity index (χ0v) is 11.4. The van der Waals surface area contributed by atoms with Crippen LogP contribution in [0, 0.1) is 5.82 Å². The van der Waals surface area contributed by atoms with Gasteiger partial charge in [-0.1, -0.05) is 35.8 Å². The predicted molar refractivity (Wildman–Crippen MR) is 67.8 cm³/mol. The molecule has 1 N–H and O–H groups in total. The lowest BCUT2D eigenvalue weighted by atomic mass is 9.84. The van der Waals surface area contributed by atoms with Gasteiger partial charge in [-0.15, -0.1) is 0 Å². The average molecular weight is 290 g/mol. The fourth-order valence-corrected chi connectivity index (χ4v) is 1.75. The van der Waals surface area contributed by atoms with E-state index in [4.69, 9.17) is 4.74 Å². The molecule has 1 aromatic rings. The van der Waals surface area contributed by atoms with Gasteiger partial charge in [0.15, 0.2) is 11.6 Å². The third kappa shape index (κ3) is 3.19. The molecule has 16 heavy (non-hydrogen) atoms. The number of halogens is 2. The van der Waals surface area contributed by atoms with Crippen molar-refractivity contribution in [2.24, 2.45) is 0 Å². The first-order chi connectivity index (χ1) is 7.51. The van der Waals surface area contributed by atoms with E-state index in [0.29, 0.717) is 0 Å². The van der Waals surface area contributed by atoms with Crippen LogP contribution in [0.2, 0.25) is 0 Å². The molecule has 0 bridgehead atoms. The normalized spacial score (nSPS) is 11.6. The highest BCUT2D eigenvalue weighted by Crippen LogP contribution is 2.26. The largest absolute Gasteiger partial charge is 0.494 e. The van der Waals surface area contributed by atoms with Crippen LogP contribution >= 0.6 is 15.9 Å². The van der Waals surface area contributed by atoms with Crippen LogP contribution in [0.5, 0.6) is 5.75 Å². The van der Waals surface area contributed by atoms with Crippen LogP contribution < -0.4 is 10.1 Å². The minimum atomic E-state index is -0.313. The van der Waals surface area contributed by atoms with Gasteiger partial charge in [-0.2, -0.15) is 0 Å². The lowest BCUT2D eigenvalue weighted by Gasteiger charge is -2.25. The molecule has 0 saturated heterocycles. The summed E-state index contributed by atoms with van der Waals surface area (Å²) in [6.45, 7) is 4.93. The summed E-state index contributed by atoms with van der Waals surface area (Å²) >= 11 is 3.31. The first-order valence-electron chi connectivity index (χ1n) is 5.12. The topological polar surface area (TPSA) is 21.3 Å². The molecule has 0 fully saturated rings. The molecule has 0 aliphatic heterocycles. The van der Waals surface area contributed by atoms with Crippen LogP contribution in [-0.2, 0) is 5.41 Å². The smallest absolute Gasteiger partial charge is 0.165 e. The summed E-state index contributed by atoms with van der Waals surface area (Å²) in [7, 11) is 1.47. The van der Waals surface area contributed by atoms with Crippen molar-refractivity contribution in [1.29, 1.82) is 0 Å². The fourth-order valence-electron chi connectivity index (χ4n) is 1.55. The maximum atomic E-state index is 13.5. The van der Waals surface area contributed by atoms with Crippen molar-refractivity contribution in [3.63, 3.8) is 0 Å². The molecule has 1 rings (SSSR count). The molecule has 0 radical (unpaired) electrons. The summed E-state index contributed by atoms with van der Waals surface area (Å²) in [4.78, 5) is 0. The zero-order chi connectivity index (χ0) is 12.2. The molecule has 2 nitrogen and oxygen atoms in total. The van der Waals surface area contributed by atoms with E-state index < -0.39 is 0 Å². The summed E-state index contributed by atoms with van der Waals surface area (Å²) in [6, 6.07) is 5.10. The molecule has 0 saturated carbocycles. The number of hydrogen-bond acceptors (Lipinski definition) is 2. The molecular weight excluding hydrogens is 273 g/mol. The van der Waals surface area contributed by atoms with Gasteiger partial charge < -0.3 is 10.1 Å². The third-order valence-electron chi connectivity index (χ3n) is 2.59. The van der Waals surface area contributed by atoms with Crippen molar-refractivity contribution in [2.75, 3.05) is 19.1 Å². The van der Waals surface area contributed by atoms with E-state index in [1.165, 1.54) is 13.2 Å². The van der Waals surface area contributed by atoms with E-state index in [9.17, 15) is 4.39 Å². The number of ether oxygens (including phenoxy) is 1. The Morgan fingerprint density at radius 1 is 1.44 bits per heavy atom. The van der Waals surface area contributed by atoms with E-state index in [-0.39, 0.29) is 17.0 Å². The van der Waals surface area contributed by atoms with Crippen molar-refractivity contribution in [3.05, 3.63) is 29.6 Å². The minimum absolute atomic E-state index is 0.110. The standard InChI is InChI=1S/C12H17BrFNO/c1-12(2,7-15-8-13)9-4-5-11(16-3)10(14)6-9/h4-6,15H,7-8H2,1-3H3. The lowest BCUT2D eigenvalue weighted by Crippen LogP contribution is -2.32. The Labute approximate surface area is 104 Å². The minimum Gasteiger partial charge on any atom is -0.494 e. The SMILES string of the molecule is COc1ccc(C(C)(C)CNCBr)cc1F. The highest BCUT2D eigenvalue weighted by atomic mass is 79.9. The maximum absolute atomic E-state index is 13.5. The van der Waals surface area contributed by atoms with Gasteiger partial charge in [0.05, 0.1) is 12.6 Å². The number of methoxy groups -OCH3 is 1. The van der Waals surface area contributed by atoms with Gasteiger partial charge in [-0.05, 0) is 17.7 Å². The number of nitrogens with one attached hydrogen (secondary N) is 1. The molecule has 0 unspecified atom stereocenters. The third-order valence-corrected chi connectivity index (χ3v) is 2.99. The lowest BCUT2D eigenvalue weighted by molar-refractivity contribution is 0.384.